The zero-order valence-corrected chi connectivity index (χ0v) is 30.0. The van der Waals surface area contributed by atoms with Crippen LogP contribution in [0.25, 0.3) is 22.5 Å². The number of rotatable bonds is 14. The first-order valence-electron chi connectivity index (χ1n) is 17.3. The fraction of sp³-hybridized carbons (Fsp3) is 0.450. The van der Waals surface area contributed by atoms with Crippen LogP contribution >= 0.6 is 0 Å². The Morgan fingerprint density at radius 2 is 1.24 bits per heavy atom. The monoisotopic (exact) mass is 666 g/mol. The molecule has 0 radical (unpaired) electrons. The highest BCUT2D eigenvalue weighted by Crippen LogP contribution is 2.49. The maximum absolute atomic E-state index is 5.75. The second kappa shape index (κ2) is 15.5. The molecule has 1 aliphatic heterocycles. The van der Waals surface area contributed by atoms with Crippen LogP contribution in [0.2, 0.25) is 0 Å². The predicted molar refractivity (Wildman–Crippen MR) is 193 cm³/mol. The molecule has 260 valence electrons. The van der Waals surface area contributed by atoms with Gasteiger partial charge in [-0.2, -0.15) is 0 Å². The van der Waals surface area contributed by atoms with Crippen LogP contribution in [0.15, 0.2) is 60.9 Å². The van der Waals surface area contributed by atoms with Gasteiger partial charge in [0.15, 0.2) is 23.0 Å². The molecule has 2 atom stereocenters. The van der Waals surface area contributed by atoms with Crippen molar-refractivity contribution in [3.05, 3.63) is 77.6 Å². The maximum atomic E-state index is 5.75. The molecule has 0 N–H and O–H groups in total. The van der Waals surface area contributed by atoms with Gasteiger partial charge in [0.1, 0.15) is 0 Å². The Morgan fingerprint density at radius 1 is 0.694 bits per heavy atom. The Kier molecular flexibility index (Phi) is 10.9. The van der Waals surface area contributed by atoms with E-state index in [9.17, 15) is 0 Å². The number of hydrogen-bond donors (Lipinski definition) is 0. The quantitative estimate of drug-likeness (QED) is 0.136. The molecule has 0 spiro atoms. The van der Waals surface area contributed by atoms with Crippen LogP contribution in [0.5, 0.6) is 28.7 Å². The van der Waals surface area contributed by atoms with Crippen molar-refractivity contribution in [2.45, 2.75) is 58.2 Å². The van der Waals surface area contributed by atoms with Gasteiger partial charge in [-0.3, -0.25) is 19.8 Å². The lowest BCUT2D eigenvalue weighted by Crippen LogP contribution is -2.54. The Labute approximate surface area is 291 Å². The van der Waals surface area contributed by atoms with Crippen LogP contribution in [0, 0.1) is 5.92 Å². The van der Waals surface area contributed by atoms with Crippen LogP contribution in [0.3, 0.4) is 0 Å². The zero-order chi connectivity index (χ0) is 34.5. The lowest BCUT2D eigenvalue weighted by atomic mass is 9.94. The molecule has 2 unspecified atom stereocenters. The largest absolute Gasteiger partial charge is 0.493 e. The Morgan fingerprint density at radius 3 is 1.78 bits per heavy atom. The average molecular weight is 667 g/mol. The zero-order valence-electron chi connectivity index (χ0n) is 30.0. The van der Waals surface area contributed by atoms with Gasteiger partial charge in [0.05, 0.1) is 46.9 Å². The minimum absolute atomic E-state index is 0.435. The number of piperazine rings is 1. The minimum Gasteiger partial charge on any atom is -0.493 e. The van der Waals surface area contributed by atoms with E-state index in [-0.39, 0.29) is 0 Å². The van der Waals surface area contributed by atoms with E-state index >= 15 is 0 Å². The molecule has 2 aromatic heterocycles. The highest BCUT2D eigenvalue weighted by Gasteiger charge is 2.31. The number of methoxy groups -OCH3 is 5. The summed E-state index contributed by atoms with van der Waals surface area (Å²) in [6.07, 6.45) is 7.35. The summed E-state index contributed by atoms with van der Waals surface area (Å²) in [4.78, 5) is 14.7. The summed E-state index contributed by atoms with van der Waals surface area (Å²) >= 11 is 0. The van der Waals surface area contributed by atoms with Crippen molar-refractivity contribution in [3.63, 3.8) is 0 Å². The first kappa shape index (κ1) is 34.5. The second-order valence-electron chi connectivity index (χ2n) is 13.2. The van der Waals surface area contributed by atoms with Gasteiger partial charge < -0.3 is 23.7 Å². The van der Waals surface area contributed by atoms with Crippen molar-refractivity contribution in [1.82, 2.24) is 19.8 Å². The fourth-order valence-corrected chi connectivity index (χ4v) is 7.08. The number of aromatic nitrogens is 2. The topological polar surface area (TPSA) is 78.4 Å². The number of nitrogens with zero attached hydrogens (tertiary/aromatic N) is 4. The van der Waals surface area contributed by atoms with E-state index < -0.39 is 0 Å². The molecule has 9 nitrogen and oxygen atoms in total. The van der Waals surface area contributed by atoms with Crippen LogP contribution in [0.4, 0.5) is 0 Å². The predicted octanol–water partition coefficient (Wildman–Crippen LogP) is 7.46. The van der Waals surface area contributed by atoms with Crippen molar-refractivity contribution in [2.24, 2.45) is 5.92 Å². The van der Waals surface area contributed by atoms with E-state index in [0.717, 1.165) is 73.2 Å². The number of benzene rings is 2. The molecule has 0 amide bonds. The van der Waals surface area contributed by atoms with Crippen LogP contribution < -0.4 is 23.7 Å². The van der Waals surface area contributed by atoms with Crippen molar-refractivity contribution in [2.75, 3.05) is 55.2 Å². The summed E-state index contributed by atoms with van der Waals surface area (Å²) in [5.74, 6) is 4.52. The first-order valence-corrected chi connectivity index (χ1v) is 17.3. The van der Waals surface area contributed by atoms with Crippen molar-refractivity contribution in [1.29, 1.82) is 0 Å². The molecule has 4 aromatic rings. The van der Waals surface area contributed by atoms with Crippen molar-refractivity contribution < 1.29 is 23.7 Å². The minimum atomic E-state index is 0.435. The van der Waals surface area contributed by atoms with E-state index in [4.69, 9.17) is 33.7 Å². The molecule has 3 heterocycles. The summed E-state index contributed by atoms with van der Waals surface area (Å²) in [6.45, 7) is 9.44. The highest BCUT2D eigenvalue weighted by atomic mass is 16.5. The average Bonchev–Trinajstić information content (AvgIpc) is 4.00. The Hall–Kier alpha value is -4.34. The Bertz CT molecular complexity index is 1720. The SMILES string of the molecule is CCC(C)C1CN(Cc2ccnc(-c3cc(OC)c(OC)c(C4CC4)c3)c2)CCN1Cc1ccnc(-c2cc(OC)c(OC)c(OC)c2)c1. The third-order valence-electron chi connectivity index (χ3n) is 10.1. The van der Waals surface area contributed by atoms with Gasteiger partial charge in [-0.05, 0) is 84.3 Å². The number of ether oxygens (including phenoxy) is 5. The summed E-state index contributed by atoms with van der Waals surface area (Å²) < 4.78 is 28.2. The molecule has 2 fully saturated rings. The second-order valence-corrected chi connectivity index (χ2v) is 13.2. The summed E-state index contributed by atoms with van der Waals surface area (Å²) in [5.41, 5.74) is 7.58. The smallest absolute Gasteiger partial charge is 0.203 e. The molecule has 1 aliphatic carbocycles. The third kappa shape index (κ3) is 7.63. The lowest BCUT2D eigenvalue weighted by molar-refractivity contribution is 0.0353. The standard InChI is InChI=1S/C40H50N4O5/c1-8-26(2)35-25-43(23-27-11-13-41-33(17-27)30-19-32(29-9-10-29)39(48-6)36(20-30)45-3)15-16-44(35)24-28-12-14-42-34(18-28)31-21-37(46-4)40(49-7)38(22-31)47-5/h11-14,17-22,26,29,35H,8-10,15-16,23-25H2,1-7H3. The van der Waals surface area contributed by atoms with Gasteiger partial charge in [0.2, 0.25) is 5.75 Å². The fourth-order valence-electron chi connectivity index (χ4n) is 7.08. The van der Waals surface area contributed by atoms with Gasteiger partial charge in [0.25, 0.3) is 0 Å². The summed E-state index contributed by atoms with van der Waals surface area (Å²) in [5, 5.41) is 0. The van der Waals surface area contributed by atoms with Gasteiger partial charge in [-0.15, -0.1) is 0 Å². The molecule has 1 saturated carbocycles. The highest BCUT2D eigenvalue weighted by molar-refractivity contribution is 5.69. The van der Waals surface area contributed by atoms with Crippen molar-refractivity contribution >= 4 is 0 Å². The molecular weight excluding hydrogens is 616 g/mol. The third-order valence-corrected chi connectivity index (χ3v) is 10.1. The maximum Gasteiger partial charge on any atom is 0.203 e. The molecule has 2 aromatic carbocycles. The van der Waals surface area contributed by atoms with E-state index in [0.29, 0.717) is 35.1 Å². The summed E-state index contributed by atoms with van der Waals surface area (Å²) in [6, 6.07) is 17.3. The molecule has 49 heavy (non-hydrogen) atoms. The first-order chi connectivity index (χ1) is 23.9. The molecule has 0 bridgehead atoms. The number of hydrogen-bond acceptors (Lipinski definition) is 9. The van der Waals surface area contributed by atoms with E-state index in [1.807, 2.05) is 24.5 Å². The van der Waals surface area contributed by atoms with E-state index in [1.54, 1.807) is 35.5 Å². The van der Waals surface area contributed by atoms with E-state index in [1.165, 1.54) is 29.5 Å². The summed E-state index contributed by atoms with van der Waals surface area (Å²) in [7, 11) is 8.32. The van der Waals surface area contributed by atoms with Gasteiger partial charge in [-0.1, -0.05) is 20.3 Å². The molecular formula is C40H50N4O5. The van der Waals surface area contributed by atoms with Crippen LogP contribution in [-0.2, 0) is 13.1 Å². The molecule has 9 heteroatoms. The molecule has 1 saturated heterocycles. The van der Waals surface area contributed by atoms with E-state index in [2.05, 4.69) is 60.0 Å². The van der Waals surface area contributed by atoms with Crippen LogP contribution in [0.1, 0.15) is 55.7 Å². The van der Waals surface area contributed by atoms with Gasteiger partial charge in [0, 0.05) is 67.8 Å². The Balaban J connectivity index is 1.18. The van der Waals surface area contributed by atoms with Crippen LogP contribution in [-0.4, -0.2) is 81.0 Å². The lowest BCUT2D eigenvalue weighted by Gasteiger charge is -2.44. The number of pyridine rings is 2. The molecule has 2 aliphatic rings. The van der Waals surface area contributed by atoms with Crippen molar-refractivity contribution in [3.8, 4) is 51.3 Å². The van der Waals surface area contributed by atoms with Gasteiger partial charge in [-0.25, -0.2) is 0 Å². The normalized spacial score (nSPS) is 17.4. The molecule has 6 rings (SSSR count). The van der Waals surface area contributed by atoms with Gasteiger partial charge >= 0.3 is 0 Å².